The zero-order chi connectivity index (χ0) is 25.3. The first-order chi connectivity index (χ1) is 16.4. The zero-order valence-corrected chi connectivity index (χ0v) is 23.0. The quantitative estimate of drug-likeness (QED) is 0.463. The average Bonchev–Trinajstić information content (AvgIpc) is 3.26. The van der Waals surface area contributed by atoms with Gasteiger partial charge in [0, 0.05) is 24.4 Å². The van der Waals surface area contributed by atoms with Crippen molar-refractivity contribution < 1.29 is 23.7 Å². The van der Waals surface area contributed by atoms with Crippen LogP contribution in [0.3, 0.4) is 0 Å². The molecule has 0 amide bonds. The Morgan fingerprint density at radius 3 is 2.46 bits per heavy atom. The molecule has 4 aliphatic rings. The smallest absolute Gasteiger partial charge is 0.224 e. The van der Waals surface area contributed by atoms with E-state index < -0.39 is 5.79 Å². The van der Waals surface area contributed by atoms with Gasteiger partial charge >= 0.3 is 0 Å². The number of methoxy groups -OCH3 is 2. The molecule has 3 heterocycles. The topological polar surface area (TPSA) is 46.2 Å². The lowest BCUT2D eigenvalue weighted by atomic mass is 9.55. The normalized spacial score (nSPS) is 39.4. The van der Waals surface area contributed by atoms with Gasteiger partial charge in [-0.3, -0.25) is 0 Å². The summed E-state index contributed by atoms with van der Waals surface area (Å²) in [7, 11) is 3.51. The number of benzene rings is 1. The minimum atomic E-state index is -0.690. The van der Waals surface area contributed by atoms with Gasteiger partial charge in [-0.1, -0.05) is 34.1 Å². The van der Waals surface area contributed by atoms with Gasteiger partial charge in [-0.2, -0.15) is 0 Å². The number of ether oxygens (including phenoxy) is 5. The van der Waals surface area contributed by atoms with Crippen LogP contribution in [0.5, 0.6) is 11.5 Å². The minimum Gasteiger partial charge on any atom is -0.497 e. The van der Waals surface area contributed by atoms with Crippen LogP contribution in [0.1, 0.15) is 84.3 Å². The summed E-state index contributed by atoms with van der Waals surface area (Å²) in [4.78, 5) is 0. The van der Waals surface area contributed by atoms with Crippen LogP contribution in [0.15, 0.2) is 24.0 Å². The second-order valence-electron chi connectivity index (χ2n) is 12.7. The van der Waals surface area contributed by atoms with E-state index in [1.165, 1.54) is 12.0 Å². The zero-order valence-electron chi connectivity index (χ0n) is 23.0. The third kappa shape index (κ3) is 3.48. The van der Waals surface area contributed by atoms with Crippen molar-refractivity contribution in [1.29, 1.82) is 0 Å². The van der Waals surface area contributed by atoms with Gasteiger partial charge in [0.25, 0.3) is 0 Å². The summed E-state index contributed by atoms with van der Waals surface area (Å²) >= 11 is 0. The van der Waals surface area contributed by atoms with Gasteiger partial charge in [-0.05, 0) is 75.3 Å². The number of hydrogen-bond acceptors (Lipinski definition) is 5. The molecule has 1 aliphatic carbocycles. The highest BCUT2D eigenvalue weighted by Crippen LogP contribution is 2.70. The van der Waals surface area contributed by atoms with Gasteiger partial charge in [0.1, 0.15) is 17.1 Å². The summed E-state index contributed by atoms with van der Waals surface area (Å²) < 4.78 is 31.7. The SMILES string of the molecule is COc1cc(C)c2c(c1)CCC(C)(CCC1=C[C@@]3(C)CCC[C@@]3(C)[C@]3(OC[C@H](OC)C3(C)C)O1)O2. The average molecular weight is 485 g/mol. The van der Waals surface area contributed by atoms with Crippen molar-refractivity contribution in [2.75, 3.05) is 20.8 Å². The van der Waals surface area contributed by atoms with Gasteiger partial charge in [-0.15, -0.1) is 0 Å². The van der Waals surface area contributed by atoms with Gasteiger partial charge in [0.2, 0.25) is 5.79 Å². The van der Waals surface area contributed by atoms with Gasteiger partial charge in [0.05, 0.1) is 31.0 Å². The minimum absolute atomic E-state index is 0.0131. The Kier molecular flexibility index (Phi) is 5.80. The maximum atomic E-state index is 7.01. The summed E-state index contributed by atoms with van der Waals surface area (Å²) in [6, 6.07) is 4.18. The van der Waals surface area contributed by atoms with E-state index in [0.29, 0.717) is 6.61 Å². The molecule has 1 aromatic carbocycles. The predicted octanol–water partition coefficient (Wildman–Crippen LogP) is 6.75. The Balaban J connectivity index is 1.41. The Morgan fingerprint density at radius 1 is 1.00 bits per heavy atom. The lowest BCUT2D eigenvalue weighted by Crippen LogP contribution is -2.64. The first-order valence-corrected chi connectivity index (χ1v) is 13.4. The van der Waals surface area contributed by atoms with E-state index >= 15 is 0 Å². The number of hydrogen-bond donors (Lipinski definition) is 0. The van der Waals surface area contributed by atoms with Crippen LogP contribution in [0.25, 0.3) is 0 Å². The molecule has 5 rings (SSSR count). The summed E-state index contributed by atoms with van der Waals surface area (Å²) in [6.45, 7) is 14.3. The molecule has 1 saturated carbocycles. The van der Waals surface area contributed by atoms with Crippen molar-refractivity contribution in [3.63, 3.8) is 0 Å². The van der Waals surface area contributed by atoms with Crippen LogP contribution in [0.4, 0.5) is 0 Å². The van der Waals surface area contributed by atoms with Crippen LogP contribution in [0.2, 0.25) is 0 Å². The lowest BCUT2D eigenvalue weighted by Gasteiger charge is -2.59. The molecule has 35 heavy (non-hydrogen) atoms. The molecule has 3 aliphatic heterocycles. The van der Waals surface area contributed by atoms with Gasteiger partial charge in [0.15, 0.2) is 0 Å². The van der Waals surface area contributed by atoms with E-state index in [9.17, 15) is 0 Å². The highest BCUT2D eigenvalue weighted by atomic mass is 16.7. The van der Waals surface area contributed by atoms with Crippen LogP contribution < -0.4 is 9.47 Å². The fourth-order valence-corrected chi connectivity index (χ4v) is 7.66. The summed E-state index contributed by atoms with van der Waals surface area (Å²) in [5.74, 6) is 2.29. The fourth-order valence-electron chi connectivity index (χ4n) is 7.66. The first-order valence-electron chi connectivity index (χ1n) is 13.4. The monoisotopic (exact) mass is 484 g/mol. The van der Waals surface area contributed by atoms with Crippen molar-refractivity contribution in [1.82, 2.24) is 0 Å². The molecule has 1 saturated heterocycles. The molecule has 5 nitrogen and oxygen atoms in total. The molecule has 0 radical (unpaired) electrons. The molecule has 1 aromatic rings. The van der Waals surface area contributed by atoms with E-state index in [2.05, 4.69) is 59.8 Å². The Morgan fingerprint density at radius 2 is 1.77 bits per heavy atom. The number of fused-ring (bicyclic) bond motifs is 3. The van der Waals surface area contributed by atoms with E-state index in [0.717, 1.165) is 61.3 Å². The molecule has 1 spiro atoms. The third-order valence-electron chi connectivity index (χ3n) is 10.2. The fraction of sp³-hybridized carbons (Fsp3) is 0.733. The summed E-state index contributed by atoms with van der Waals surface area (Å²) in [5, 5.41) is 0. The third-order valence-corrected chi connectivity index (χ3v) is 10.2. The van der Waals surface area contributed by atoms with Crippen molar-refractivity contribution in [3.8, 4) is 11.5 Å². The molecule has 0 N–H and O–H groups in total. The largest absolute Gasteiger partial charge is 0.497 e. The van der Waals surface area contributed by atoms with Crippen LogP contribution in [0, 0.1) is 23.2 Å². The Hall–Kier alpha value is -1.72. The summed E-state index contributed by atoms with van der Waals surface area (Å²) in [6.07, 6.45) is 9.62. The summed E-state index contributed by atoms with van der Waals surface area (Å²) in [5.41, 5.74) is 1.82. The highest BCUT2D eigenvalue weighted by molar-refractivity contribution is 5.48. The second-order valence-corrected chi connectivity index (χ2v) is 12.7. The van der Waals surface area contributed by atoms with E-state index in [-0.39, 0.29) is 27.9 Å². The molecule has 1 unspecified atom stereocenters. The predicted molar refractivity (Wildman–Crippen MR) is 137 cm³/mol. The molecule has 5 atom stereocenters. The van der Waals surface area contributed by atoms with Gasteiger partial charge in [-0.25, -0.2) is 0 Å². The van der Waals surface area contributed by atoms with Crippen molar-refractivity contribution >= 4 is 0 Å². The molecule has 194 valence electrons. The number of allylic oxidation sites excluding steroid dienone is 2. The second kappa shape index (κ2) is 8.14. The molecular weight excluding hydrogens is 440 g/mol. The van der Waals surface area contributed by atoms with E-state index in [1.54, 1.807) is 14.2 Å². The number of rotatable bonds is 5. The standard InChI is InChI=1S/C30H44O5/c1-20-16-23(31-7)17-21-10-14-28(5,35-25(20)21)15-11-22-18-27(4)12-9-13-29(27,6)30(34-22)26(2,3)24(32-8)19-33-30/h16-18,24H,9-15,19H2,1-8H3/t24-,27+,28?,29+,30+/m0/s1. The molecule has 0 bridgehead atoms. The lowest BCUT2D eigenvalue weighted by molar-refractivity contribution is -0.324. The maximum absolute atomic E-state index is 7.01. The van der Waals surface area contributed by atoms with Crippen molar-refractivity contribution in [2.45, 2.75) is 104 Å². The van der Waals surface area contributed by atoms with Crippen LogP contribution >= 0.6 is 0 Å². The Labute approximate surface area is 211 Å². The number of aryl methyl sites for hydroxylation is 2. The molecule has 5 heteroatoms. The van der Waals surface area contributed by atoms with E-state index in [1.807, 2.05) is 0 Å². The van der Waals surface area contributed by atoms with Crippen molar-refractivity contribution in [3.05, 3.63) is 35.1 Å². The van der Waals surface area contributed by atoms with Crippen molar-refractivity contribution in [2.24, 2.45) is 16.2 Å². The maximum Gasteiger partial charge on any atom is 0.224 e. The Bertz CT molecular complexity index is 1030. The van der Waals surface area contributed by atoms with Gasteiger partial charge < -0.3 is 23.7 Å². The highest BCUT2D eigenvalue weighted by Gasteiger charge is 2.74. The first kappa shape index (κ1) is 25.0. The molecule has 2 fully saturated rings. The van der Waals surface area contributed by atoms with Crippen LogP contribution in [-0.2, 0) is 20.6 Å². The molecule has 0 aromatic heterocycles. The van der Waals surface area contributed by atoms with Crippen LogP contribution in [-0.4, -0.2) is 38.3 Å². The molecular formula is C30H44O5. The van der Waals surface area contributed by atoms with E-state index in [4.69, 9.17) is 23.7 Å².